The molecular formula is C22H21N3OS. The molecule has 2 aromatic carbocycles. The van der Waals surface area contributed by atoms with E-state index in [2.05, 4.69) is 24.1 Å². The number of nitrogens with two attached hydrogens (primary N) is 1. The minimum Gasteiger partial charge on any atom is -0.397 e. The highest BCUT2D eigenvalue weighted by Gasteiger charge is 2.18. The molecular weight excluding hydrogens is 354 g/mol. The summed E-state index contributed by atoms with van der Waals surface area (Å²) < 4.78 is 0. The summed E-state index contributed by atoms with van der Waals surface area (Å²) in [6.07, 6.45) is 0.909. The molecule has 0 aliphatic carbocycles. The van der Waals surface area contributed by atoms with Crippen molar-refractivity contribution in [3.63, 3.8) is 0 Å². The summed E-state index contributed by atoms with van der Waals surface area (Å²) >= 11 is 1.35. The highest BCUT2D eigenvalue weighted by atomic mass is 32.1. The number of carbonyl (C=O) groups is 1. The third kappa shape index (κ3) is 3.51. The predicted octanol–water partition coefficient (Wildman–Crippen LogP) is 5.48. The van der Waals surface area contributed by atoms with Crippen molar-refractivity contribution in [2.75, 3.05) is 11.1 Å². The molecule has 5 heteroatoms. The first-order valence-corrected chi connectivity index (χ1v) is 9.81. The Kier molecular flexibility index (Phi) is 4.54. The smallest absolute Gasteiger partial charge is 0.267 e. The Morgan fingerprint density at radius 1 is 1.11 bits per heavy atom. The topological polar surface area (TPSA) is 68.0 Å². The lowest BCUT2D eigenvalue weighted by Crippen LogP contribution is -2.11. The molecule has 4 aromatic rings. The van der Waals surface area contributed by atoms with E-state index in [-0.39, 0.29) is 5.91 Å². The zero-order chi connectivity index (χ0) is 19.0. The summed E-state index contributed by atoms with van der Waals surface area (Å²) in [5.74, 6) is 0.333. The number of nitrogens with one attached hydrogen (secondary N) is 1. The van der Waals surface area contributed by atoms with E-state index in [9.17, 15) is 4.79 Å². The molecule has 4 nitrogen and oxygen atoms in total. The second-order valence-electron chi connectivity index (χ2n) is 7.11. The fraction of sp³-hybridized carbons (Fsp3) is 0.182. The number of anilines is 2. The maximum atomic E-state index is 12.8. The number of hydrogen-bond donors (Lipinski definition) is 2. The molecule has 0 atom stereocenters. The summed E-state index contributed by atoms with van der Waals surface area (Å²) in [7, 11) is 0. The van der Waals surface area contributed by atoms with Gasteiger partial charge in [0, 0.05) is 16.8 Å². The van der Waals surface area contributed by atoms with Crippen LogP contribution in [0.5, 0.6) is 0 Å². The molecule has 27 heavy (non-hydrogen) atoms. The monoisotopic (exact) mass is 375 g/mol. The summed E-state index contributed by atoms with van der Waals surface area (Å²) in [5, 5.41) is 6.03. The van der Waals surface area contributed by atoms with Gasteiger partial charge in [-0.1, -0.05) is 44.2 Å². The third-order valence-electron chi connectivity index (χ3n) is 4.48. The average molecular weight is 375 g/mol. The first-order valence-electron chi connectivity index (χ1n) is 8.99. The van der Waals surface area contributed by atoms with Crippen LogP contribution in [0.1, 0.15) is 29.2 Å². The van der Waals surface area contributed by atoms with Crippen LogP contribution < -0.4 is 11.1 Å². The van der Waals surface area contributed by atoms with Crippen molar-refractivity contribution in [2.45, 2.75) is 20.3 Å². The Bertz CT molecular complexity index is 1150. The molecule has 2 aromatic heterocycles. The van der Waals surface area contributed by atoms with E-state index < -0.39 is 0 Å². The molecule has 0 saturated heterocycles. The van der Waals surface area contributed by atoms with Gasteiger partial charge in [-0.15, -0.1) is 11.3 Å². The zero-order valence-corrected chi connectivity index (χ0v) is 16.1. The fourth-order valence-electron chi connectivity index (χ4n) is 3.19. The summed E-state index contributed by atoms with van der Waals surface area (Å²) in [5.41, 5.74) is 8.52. The zero-order valence-electron chi connectivity index (χ0n) is 15.3. The van der Waals surface area contributed by atoms with Crippen LogP contribution in [0.3, 0.4) is 0 Å². The van der Waals surface area contributed by atoms with Gasteiger partial charge in [-0.25, -0.2) is 4.98 Å². The summed E-state index contributed by atoms with van der Waals surface area (Å²) in [4.78, 5) is 18.8. The maximum absolute atomic E-state index is 12.8. The molecule has 0 fully saturated rings. The fourth-order valence-corrected chi connectivity index (χ4v) is 4.20. The van der Waals surface area contributed by atoms with Crippen molar-refractivity contribution in [1.29, 1.82) is 0 Å². The molecule has 136 valence electrons. The number of thiophene rings is 1. The lowest BCUT2D eigenvalue weighted by molar-refractivity contribution is 0.103. The molecule has 0 aliphatic heterocycles. The second-order valence-corrected chi connectivity index (χ2v) is 8.11. The number of pyridine rings is 1. The van der Waals surface area contributed by atoms with Crippen molar-refractivity contribution in [2.24, 2.45) is 5.92 Å². The van der Waals surface area contributed by atoms with Crippen LogP contribution in [0.2, 0.25) is 0 Å². The van der Waals surface area contributed by atoms with Gasteiger partial charge in [-0.05, 0) is 47.4 Å². The predicted molar refractivity (Wildman–Crippen MR) is 114 cm³/mol. The minimum absolute atomic E-state index is 0.198. The lowest BCUT2D eigenvalue weighted by atomic mass is 10.1. The number of fused-ring (bicyclic) bond motifs is 2. The van der Waals surface area contributed by atoms with Gasteiger partial charge < -0.3 is 11.1 Å². The Hall–Kier alpha value is -2.92. The van der Waals surface area contributed by atoms with Gasteiger partial charge in [0.2, 0.25) is 0 Å². The summed E-state index contributed by atoms with van der Waals surface area (Å²) in [6.45, 7) is 4.33. The van der Waals surface area contributed by atoms with E-state index in [4.69, 9.17) is 5.73 Å². The van der Waals surface area contributed by atoms with Gasteiger partial charge in [-0.3, -0.25) is 4.79 Å². The van der Waals surface area contributed by atoms with Gasteiger partial charge in [0.15, 0.2) is 0 Å². The molecule has 0 saturated carbocycles. The first kappa shape index (κ1) is 17.5. The van der Waals surface area contributed by atoms with Crippen LogP contribution >= 0.6 is 11.3 Å². The largest absolute Gasteiger partial charge is 0.397 e. The van der Waals surface area contributed by atoms with Crippen molar-refractivity contribution in [1.82, 2.24) is 4.98 Å². The normalized spacial score (nSPS) is 11.4. The average Bonchev–Trinajstić information content (AvgIpc) is 2.97. The molecule has 0 bridgehead atoms. The quantitative estimate of drug-likeness (QED) is 0.496. The van der Waals surface area contributed by atoms with Crippen LogP contribution in [0, 0.1) is 5.92 Å². The number of benzene rings is 2. The molecule has 0 aliphatic rings. The molecule has 0 radical (unpaired) electrons. The summed E-state index contributed by atoms with van der Waals surface area (Å²) in [6, 6.07) is 17.9. The number of nitrogens with zero attached hydrogens (tertiary/aromatic N) is 1. The van der Waals surface area contributed by atoms with Crippen molar-refractivity contribution in [3.8, 4) is 0 Å². The molecule has 3 N–H and O–H groups in total. The molecule has 0 unspecified atom stereocenters. The first-order chi connectivity index (χ1) is 13.0. The standard InChI is InChI=1S/C22H21N3OS/c1-13(2)11-16-9-10-18-19(23)20(27-22(18)25-16)21(26)24-17-8-7-14-5-3-4-6-15(14)12-17/h3-10,12-13H,11,23H2,1-2H3,(H,24,26). The van der Waals surface area contributed by atoms with E-state index in [1.807, 2.05) is 54.6 Å². The molecule has 0 spiro atoms. The van der Waals surface area contributed by atoms with Gasteiger partial charge in [-0.2, -0.15) is 0 Å². The van der Waals surface area contributed by atoms with Crippen LogP contribution in [-0.2, 0) is 6.42 Å². The van der Waals surface area contributed by atoms with Crippen molar-refractivity contribution in [3.05, 3.63) is 65.2 Å². The van der Waals surface area contributed by atoms with Crippen molar-refractivity contribution >= 4 is 49.6 Å². The van der Waals surface area contributed by atoms with Crippen molar-refractivity contribution < 1.29 is 4.79 Å². The van der Waals surface area contributed by atoms with Gasteiger partial charge in [0.05, 0.1) is 5.69 Å². The molecule has 4 rings (SSSR count). The molecule has 2 heterocycles. The second kappa shape index (κ2) is 7.00. The van der Waals surface area contributed by atoms with Crippen LogP contribution in [-0.4, -0.2) is 10.9 Å². The van der Waals surface area contributed by atoms with Gasteiger partial charge in [0.25, 0.3) is 5.91 Å². The SMILES string of the molecule is CC(C)Cc1ccc2c(N)c(C(=O)Nc3ccc4ccccc4c3)sc2n1. The van der Waals surface area contributed by atoms with E-state index >= 15 is 0 Å². The lowest BCUT2D eigenvalue weighted by Gasteiger charge is -2.06. The van der Waals surface area contributed by atoms with E-state index in [0.717, 1.165) is 38.8 Å². The number of aromatic nitrogens is 1. The Balaban J connectivity index is 1.64. The number of nitrogen functional groups attached to an aromatic ring is 1. The number of hydrogen-bond acceptors (Lipinski definition) is 4. The Morgan fingerprint density at radius 3 is 2.67 bits per heavy atom. The van der Waals surface area contributed by atoms with E-state index in [1.165, 1.54) is 11.3 Å². The highest BCUT2D eigenvalue weighted by molar-refractivity contribution is 7.21. The highest BCUT2D eigenvalue weighted by Crippen LogP contribution is 2.33. The Morgan fingerprint density at radius 2 is 1.89 bits per heavy atom. The van der Waals surface area contributed by atoms with E-state index in [0.29, 0.717) is 16.5 Å². The number of amides is 1. The maximum Gasteiger partial charge on any atom is 0.267 e. The van der Waals surface area contributed by atoms with Gasteiger partial charge in [0.1, 0.15) is 9.71 Å². The van der Waals surface area contributed by atoms with E-state index in [1.54, 1.807) is 0 Å². The molecule has 1 amide bonds. The Labute approximate surface area is 162 Å². The number of rotatable bonds is 4. The number of carbonyl (C=O) groups excluding carboxylic acids is 1. The van der Waals surface area contributed by atoms with Crippen LogP contribution in [0.15, 0.2) is 54.6 Å². The third-order valence-corrected chi connectivity index (χ3v) is 5.60. The minimum atomic E-state index is -0.198. The van der Waals surface area contributed by atoms with Crippen LogP contribution in [0.25, 0.3) is 21.0 Å². The van der Waals surface area contributed by atoms with Crippen LogP contribution in [0.4, 0.5) is 11.4 Å². The van der Waals surface area contributed by atoms with Gasteiger partial charge >= 0.3 is 0 Å².